The average molecular weight is 350 g/mol. The molecule has 0 bridgehead atoms. The maximum atomic E-state index is 12.4. The highest BCUT2D eigenvalue weighted by Crippen LogP contribution is 2.24. The van der Waals surface area contributed by atoms with Crippen LogP contribution in [0.25, 0.3) is 0 Å². The summed E-state index contributed by atoms with van der Waals surface area (Å²) in [5.74, 6) is 0.336. The molecule has 5 nitrogen and oxygen atoms in total. The quantitative estimate of drug-likeness (QED) is 0.828. The number of nitrogens with zero attached hydrogens (tertiary/aromatic N) is 1. The molecule has 1 aromatic rings. The van der Waals surface area contributed by atoms with Crippen LogP contribution in [0.1, 0.15) is 33.6 Å². The van der Waals surface area contributed by atoms with Crippen LogP contribution in [0.2, 0.25) is 0 Å². The van der Waals surface area contributed by atoms with Crippen molar-refractivity contribution < 1.29 is 8.42 Å². The van der Waals surface area contributed by atoms with E-state index in [1.54, 1.807) is 19.3 Å². The molecule has 0 fully saturated rings. The summed E-state index contributed by atoms with van der Waals surface area (Å²) in [6.45, 7) is 5.77. The third-order valence-corrected chi connectivity index (χ3v) is 4.78. The minimum atomic E-state index is -3.61. The molecule has 0 amide bonds. The van der Waals surface area contributed by atoms with Crippen LogP contribution < -0.4 is 10.0 Å². The highest BCUT2D eigenvalue weighted by Gasteiger charge is 2.27. The molecule has 0 spiro atoms. The molecule has 0 aliphatic heterocycles. The largest absolute Gasteiger partial charge is 0.372 e. The van der Waals surface area contributed by atoms with Gasteiger partial charge in [-0.1, -0.05) is 13.3 Å². The van der Waals surface area contributed by atoms with Gasteiger partial charge in [-0.15, -0.1) is 0 Å². The van der Waals surface area contributed by atoms with Crippen LogP contribution in [0.5, 0.6) is 0 Å². The molecule has 19 heavy (non-hydrogen) atoms. The summed E-state index contributed by atoms with van der Waals surface area (Å²) < 4.78 is 28.2. The van der Waals surface area contributed by atoms with Crippen LogP contribution in [0.4, 0.5) is 5.82 Å². The van der Waals surface area contributed by atoms with Crippen molar-refractivity contribution in [2.24, 2.45) is 0 Å². The molecule has 0 radical (unpaired) electrons. The summed E-state index contributed by atoms with van der Waals surface area (Å²) in [5.41, 5.74) is -0.485. The van der Waals surface area contributed by atoms with Crippen LogP contribution in [-0.4, -0.2) is 26.0 Å². The van der Waals surface area contributed by atoms with E-state index in [4.69, 9.17) is 0 Å². The van der Waals surface area contributed by atoms with Gasteiger partial charge in [-0.3, -0.25) is 0 Å². The minimum absolute atomic E-state index is 0.147. The van der Waals surface area contributed by atoms with Crippen LogP contribution in [0.3, 0.4) is 0 Å². The Morgan fingerprint density at radius 2 is 2.05 bits per heavy atom. The lowest BCUT2D eigenvalue weighted by molar-refractivity contribution is 0.418. The lowest BCUT2D eigenvalue weighted by atomic mass is 10.0. The van der Waals surface area contributed by atoms with Gasteiger partial charge in [-0.2, -0.15) is 0 Å². The number of anilines is 1. The lowest BCUT2D eigenvalue weighted by Gasteiger charge is -2.25. The molecule has 0 unspecified atom stereocenters. The average Bonchev–Trinajstić information content (AvgIpc) is 2.27. The lowest BCUT2D eigenvalue weighted by Crippen LogP contribution is -2.43. The normalized spacial score (nSPS) is 12.5. The number of rotatable bonds is 6. The fourth-order valence-electron chi connectivity index (χ4n) is 1.91. The number of hydrogen-bond acceptors (Lipinski definition) is 4. The van der Waals surface area contributed by atoms with E-state index in [1.165, 1.54) is 0 Å². The summed E-state index contributed by atoms with van der Waals surface area (Å²) in [6, 6.07) is 1.54. The fraction of sp³-hybridized carbons (Fsp3) is 0.583. The molecule has 7 heteroatoms. The Morgan fingerprint density at radius 3 is 2.58 bits per heavy atom. The Hall–Kier alpha value is -0.660. The second-order valence-corrected chi connectivity index (χ2v) is 7.56. The second-order valence-electron chi connectivity index (χ2n) is 4.99. The van der Waals surface area contributed by atoms with Crippen LogP contribution in [-0.2, 0) is 10.0 Å². The zero-order valence-corrected chi connectivity index (χ0v) is 14.0. The molecule has 1 heterocycles. The topological polar surface area (TPSA) is 71.1 Å². The monoisotopic (exact) mass is 349 g/mol. The third-order valence-electron chi connectivity index (χ3n) is 2.63. The van der Waals surface area contributed by atoms with Crippen LogP contribution >= 0.6 is 15.9 Å². The van der Waals surface area contributed by atoms with E-state index in [9.17, 15) is 8.42 Å². The molecule has 108 valence electrons. The Labute approximate surface area is 123 Å². The number of sulfonamides is 1. The molecule has 0 aromatic carbocycles. The van der Waals surface area contributed by atoms with Crippen molar-refractivity contribution in [1.29, 1.82) is 0 Å². The first kappa shape index (κ1) is 16.4. The highest BCUT2D eigenvalue weighted by atomic mass is 79.9. The van der Waals surface area contributed by atoms with Gasteiger partial charge in [0.25, 0.3) is 0 Å². The van der Waals surface area contributed by atoms with Crippen molar-refractivity contribution in [2.45, 2.75) is 44.0 Å². The number of hydrogen-bond donors (Lipinski definition) is 2. The van der Waals surface area contributed by atoms with Gasteiger partial charge < -0.3 is 5.32 Å². The van der Waals surface area contributed by atoms with Crippen LogP contribution in [0, 0.1) is 0 Å². The van der Waals surface area contributed by atoms with Gasteiger partial charge in [-0.05, 0) is 42.3 Å². The van der Waals surface area contributed by atoms with Crippen LogP contribution in [0.15, 0.2) is 21.6 Å². The van der Waals surface area contributed by atoms with Gasteiger partial charge in [0.15, 0.2) is 0 Å². The van der Waals surface area contributed by atoms with Gasteiger partial charge in [0.05, 0.1) is 0 Å². The molecule has 2 N–H and O–H groups in total. The van der Waals surface area contributed by atoms with Gasteiger partial charge in [0, 0.05) is 23.3 Å². The first-order valence-corrected chi connectivity index (χ1v) is 8.37. The van der Waals surface area contributed by atoms with E-state index in [1.807, 2.05) is 20.8 Å². The number of pyridine rings is 1. The first-order chi connectivity index (χ1) is 8.72. The van der Waals surface area contributed by atoms with E-state index in [0.717, 1.165) is 12.8 Å². The number of halogens is 1. The zero-order chi connectivity index (χ0) is 14.7. The smallest absolute Gasteiger partial charge is 0.244 e. The SMILES string of the molecule is CCCC(C)(C)NS(=O)(=O)c1cc(Br)cnc1NC. The number of aromatic nitrogens is 1. The van der Waals surface area contributed by atoms with E-state index < -0.39 is 15.6 Å². The fourth-order valence-corrected chi connectivity index (χ4v) is 4.02. The van der Waals surface area contributed by atoms with Crippen molar-refractivity contribution in [1.82, 2.24) is 9.71 Å². The summed E-state index contributed by atoms with van der Waals surface area (Å²) >= 11 is 3.25. The molecule has 0 aliphatic carbocycles. The van der Waals surface area contributed by atoms with Crippen molar-refractivity contribution in [3.8, 4) is 0 Å². The molecule has 0 saturated heterocycles. The van der Waals surface area contributed by atoms with Gasteiger partial charge in [0.1, 0.15) is 10.7 Å². The van der Waals surface area contributed by atoms with Crippen molar-refractivity contribution >= 4 is 31.8 Å². The zero-order valence-electron chi connectivity index (χ0n) is 11.6. The Bertz CT molecular complexity index is 544. The Morgan fingerprint density at radius 1 is 1.42 bits per heavy atom. The van der Waals surface area contributed by atoms with E-state index in [-0.39, 0.29) is 4.90 Å². The van der Waals surface area contributed by atoms with Crippen molar-refractivity contribution in [3.05, 3.63) is 16.7 Å². The minimum Gasteiger partial charge on any atom is -0.372 e. The summed E-state index contributed by atoms with van der Waals surface area (Å²) in [6.07, 6.45) is 3.23. The van der Waals surface area contributed by atoms with E-state index in [2.05, 4.69) is 31.0 Å². The van der Waals surface area contributed by atoms with Gasteiger partial charge in [-0.25, -0.2) is 18.1 Å². The first-order valence-electron chi connectivity index (χ1n) is 6.09. The molecule has 0 saturated carbocycles. The Balaban J connectivity index is 3.17. The Kier molecular flexibility index (Phi) is 5.34. The number of nitrogens with one attached hydrogen (secondary N) is 2. The van der Waals surface area contributed by atoms with Gasteiger partial charge in [0.2, 0.25) is 10.0 Å². The molecule has 0 aliphatic rings. The highest BCUT2D eigenvalue weighted by molar-refractivity contribution is 9.10. The second kappa shape index (κ2) is 6.19. The summed E-state index contributed by atoms with van der Waals surface area (Å²) in [4.78, 5) is 4.21. The van der Waals surface area contributed by atoms with E-state index >= 15 is 0 Å². The summed E-state index contributed by atoms with van der Waals surface area (Å²) in [7, 11) is -1.97. The van der Waals surface area contributed by atoms with Crippen molar-refractivity contribution in [3.63, 3.8) is 0 Å². The van der Waals surface area contributed by atoms with E-state index in [0.29, 0.717) is 10.3 Å². The molecule has 1 rings (SSSR count). The third kappa shape index (κ3) is 4.43. The predicted octanol–water partition coefficient (Wildman–Crippen LogP) is 2.74. The predicted molar refractivity (Wildman–Crippen MR) is 80.8 cm³/mol. The van der Waals surface area contributed by atoms with Gasteiger partial charge >= 0.3 is 0 Å². The standard InChI is InChI=1S/C12H20BrN3O2S/c1-5-6-12(2,3)16-19(17,18)10-7-9(13)8-15-11(10)14-4/h7-8,16H,5-6H2,1-4H3,(H,14,15). The molecule has 1 aromatic heterocycles. The van der Waals surface area contributed by atoms with Crippen molar-refractivity contribution in [2.75, 3.05) is 12.4 Å². The molecular formula is C12H20BrN3O2S. The molecular weight excluding hydrogens is 330 g/mol. The maximum Gasteiger partial charge on any atom is 0.244 e. The molecule has 0 atom stereocenters. The summed E-state index contributed by atoms with van der Waals surface area (Å²) in [5, 5.41) is 2.80. The maximum absolute atomic E-state index is 12.4.